The molecule has 7 heteroatoms. The molecular formula is C20H21FN2O3S. The van der Waals surface area contributed by atoms with Crippen LogP contribution in [-0.4, -0.2) is 29.4 Å². The number of amides is 1. The van der Waals surface area contributed by atoms with Gasteiger partial charge in [0.25, 0.3) is 0 Å². The predicted molar refractivity (Wildman–Crippen MR) is 100 cm³/mol. The lowest BCUT2D eigenvalue weighted by Gasteiger charge is -2.34. The summed E-state index contributed by atoms with van der Waals surface area (Å²) in [6.45, 7) is 2.54. The molecule has 1 saturated carbocycles. The largest absolute Gasteiger partial charge is 0.416 e. The van der Waals surface area contributed by atoms with E-state index in [9.17, 15) is 14.0 Å². The van der Waals surface area contributed by atoms with Crippen LogP contribution in [0.1, 0.15) is 41.8 Å². The number of halogens is 1. The maximum absolute atomic E-state index is 14.5. The maximum atomic E-state index is 14.5. The van der Waals surface area contributed by atoms with Gasteiger partial charge in [0.2, 0.25) is 5.91 Å². The van der Waals surface area contributed by atoms with Crippen LogP contribution in [-0.2, 0) is 22.6 Å². The third-order valence-corrected chi connectivity index (χ3v) is 5.97. The number of carbonyl (C=O) groups excluding carboxylic acids is 2. The highest BCUT2D eigenvalue weighted by molar-refractivity contribution is 7.14. The molecule has 1 amide bonds. The summed E-state index contributed by atoms with van der Waals surface area (Å²) in [5.41, 5.74) is 1.43. The number of rotatable bonds is 5. The van der Waals surface area contributed by atoms with Crippen molar-refractivity contribution in [3.8, 4) is 5.06 Å². The minimum Gasteiger partial charge on any atom is -0.416 e. The molecule has 2 aromatic rings. The van der Waals surface area contributed by atoms with Gasteiger partial charge in [-0.25, -0.2) is 4.39 Å². The molecule has 1 aliphatic heterocycles. The molecule has 2 heterocycles. The van der Waals surface area contributed by atoms with E-state index in [0.717, 1.165) is 29.7 Å². The fourth-order valence-corrected chi connectivity index (χ4v) is 4.50. The molecule has 4 rings (SSSR count). The average molecular weight is 388 g/mol. The van der Waals surface area contributed by atoms with Gasteiger partial charge in [-0.2, -0.15) is 0 Å². The molecule has 1 aromatic carbocycles. The summed E-state index contributed by atoms with van der Waals surface area (Å²) in [4.78, 5) is 27.3. The number of esters is 1. The summed E-state index contributed by atoms with van der Waals surface area (Å²) in [5.74, 6) is -0.870. The molecule has 1 fully saturated rings. The Kier molecular flexibility index (Phi) is 4.97. The summed E-state index contributed by atoms with van der Waals surface area (Å²) in [6.07, 6.45) is 2.70. The number of hydrogen-bond acceptors (Lipinski definition) is 5. The molecule has 27 heavy (non-hydrogen) atoms. The number of benzene rings is 1. The van der Waals surface area contributed by atoms with Gasteiger partial charge in [-0.1, -0.05) is 18.2 Å². The SMILES string of the molecule is CC(=O)Oc1cc2c(s1)CCN(C(C(=O)NC1CC1)c1ccccc1F)C2. The van der Waals surface area contributed by atoms with Crippen molar-refractivity contribution < 1.29 is 18.7 Å². The number of ether oxygens (including phenoxy) is 1. The van der Waals surface area contributed by atoms with Gasteiger partial charge >= 0.3 is 5.97 Å². The Morgan fingerprint density at radius 1 is 1.33 bits per heavy atom. The number of hydrogen-bond donors (Lipinski definition) is 1. The van der Waals surface area contributed by atoms with E-state index in [-0.39, 0.29) is 23.7 Å². The van der Waals surface area contributed by atoms with Gasteiger partial charge in [0.1, 0.15) is 11.9 Å². The Hall–Kier alpha value is -2.25. The maximum Gasteiger partial charge on any atom is 0.308 e. The van der Waals surface area contributed by atoms with Crippen LogP contribution in [0.5, 0.6) is 5.06 Å². The Morgan fingerprint density at radius 2 is 2.11 bits per heavy atom. The Balaban J connectivity index is 1.60. The Morgan fingerprint density at radius 3 is 2.81 bits per heavy atom. The van der Waals surface area contributed by atoms with Gasteiger partial charge in [-0.15, -0.1) is 11.3 Å². The van der Waals surface area contributed by atoms with Crippen molar-refractivity contribution in [2.75, 3.05) is 6.54 Å². The molecule has 2 aliphatic rings. The molecule has 0 saturated heterocycles. The molecule has 1 aromatic heterocycles. The van der Waals surface area contributed by atoms with Crippen LogP contribution in [0.3, 0.4) is 0 Å². The van der Waals surface area contributed by atoms with Crippen molar-refractivity contribution in [2.45, 2.75) is 44.8 Å². The van der Waals surface area contributed by atoms with Crippen LogP contribution in [0.4, 0.5) is 4.39 Å². The highest BCUT2D eigenvalue weighted by Gasteiger charge is 2.35. The van der Waals surface area contributed by atoms with Crippen LogP contribution in [0, 0.1) is 5.82 Å². The van der Waals surface area contributed by atoms with Crippen molar-refractivity contribution in [3.63, 3.8) is 0 Å². The van der Waals surface area contributed by atoms with Crippen LogP contribution in [0.2, 0.25) is 0 Å². The van der Waals surface area contributed by atoms with E-state index in [1.54, 1.807) is 18.2 Å². The zero-order valence-electron chi connectivity index (χ0n) is 15.0. The summed E-state index contributed by atoms with van der Waals surface area (Å²) in [5, 5.41) is 3.59. The topological polar surface area (TPSA) is 58.6 Å². The van der Waals surface area contributed by atoms with Crippen molar-refractivity contribution in [1.82, 2.24) is 10.2 Å². The van der Waals surface area contributed by atoms with Crippen molar-refractivity contribution >= 4 is 23.2 Å². The zero-order valence-corrected chi connectivity index (χ0v) is 15.9. The normalized spacial score (nSPS) is 17.9. The number of carbonyl (C=O) groups is 2. The van der Waals surface area contributed by atoms with Gasteiger partial charge in [0, 0.05) is 36.5 Å². The molecule has 0 radical (unpaired) electrons. The molecule has 1 unspecified atom stereocenters. The molecule has 5 nitrogen and oxygen atoms in total. The summed E-state index contributed by atoms with van der Waals surface area (Å²) >= 11 is 1.46. The average Bonchev–Trinajstić information content (AvgIpc) is 3.33. The lowest BCUT2D eigenvalue weighted by atomic mass is 10.00. The second kappa shape index (κ2) is 7.40. The van der Waals surface area contributed by atoms with Gasteiger partial charge in [-0.05, 0) is 37.0 Å². The first-order valence-electron chi connectivity index (χ1n) is 9.10. The first kappa shape index (κ1) is 18.1. The summed E-state index contributed by atoms with van der Waals surface area (Å²) < 4.78 is 19.7. The summed E-state index contributed by atoms with van der Waals surface area (Å²) in [6, 6.07) is 7.86. The fraction of sp³-hybridized carbons (Fsp3) is 0.400. The fourth-order valence-electron chi connectivity index (χ4n) is 3.45. The van der Waals surface area contributed by atoms with Crippen molar-refractivity contribution in [2.24, 2.45) is 0 Å². The quantitative estimate of drug-likeness (QED) is 0.800. The lowest BCUT2D eigenvalue weighted by Crippen LogP contribution is -2.43. The minimum absolute atomic E-state index is 0.151. The Bertz CT molecular complexity index is 878. The van der Waals surface area contributed by atoms with Crippen LogP contribution < -0.4 is 10.1 Å². The highest BCUT2D eigenvalue weighted by Crippen LogP contribution is 2.37. The van der Waals surface area contributed by atoms with E-state index in [1.165, 1.54) is 24.3 Å². The van der Waals surface area contributed by atoms with Crippen molar-refractivity contribution in [3.05, 3.63) is 52.2 Å². The Labute approximate surface area is 161 Å². The first-order chi connectivity index (χ1) is 13.0. The third-order valence-electron chi connectivity index (χ3n) is 4.85. The van der Waals surface area contributed by atoms with Gasteiger partial charge in [0.15, 0.2) is 5.06 Å². The van der Waals surface area contributed by atoms with Crippen molar-refractivity contribution in [1.29, 1.82) is 0 Å². The van der Waals surface area contributed by atoms with E-state index in [1.807, 2.05) is 11.0 Å². The standard InChI is InChI=1S/C20H21FN2O3S/c1-12(24)26-18-10-13-11-23(9-8-17(13)27-18)19(20(25)22-14-6-7-14)15-4-2-3-5-16(15)21/h2-5,10,14,19H,6-9,11H2,1H3,(H,22,25). The van der Waals surface area contributed by atoms with E-state index in [0.29, 0.717) is 23.7 Å². The number of fused-ring (bicyclic) bond motifs is 1. The molecule has 0 bridgehead atoms. The van der Waals surface area contributed by atoms with E-state index in [2.05, 4.69) is 5.32 Å². The second-order valence-electron chi connectivity index (χ2n) is 7.03. The van der Waals surface area contributed by atoms with E-state index < -0.39 is 6.04 Å². The van der Waals surface area contributed by atoms with Crippen LogP contribution in [0.25, 0.3) is 0 Å². The van der Waals surface area contributed by atoms with E-state index >= 15 is 0 Å². The third kappa shape index (κ3) is 4.04. The smallest absolute Gasteiger partial charge is 0.308 e. The summed E-state index contributed by atoms with van der Waals surface area (Å²) in [7, 11) is 0. The molecular weight excluding hydrogens is 367 g/mol. The van der Waals surface area contributed by atoms with Gasteiger partial charge < -0.3 is 10.1 Å². The van der Waals surface area contributed by atoms with E-state index in [4.69, 9.17) is 4.74 Å². The lowest BCUT2D eigenvalue weighted by molar-refractivity contribution is -0.131. The number of nitrogens with zero attached hydrogens (tertiary/aromatic N) is 1. The highest BCUT2D eigenvalue weighted by atomic mass is 32.1. The molecule has 0 spiro atoms. The van der Waals surface area contributed by atoms with Crippen LogP contribution >= 0.6 is 11.3 Å². The molecule has 1 aliphatic carbocycles. The number of thiophene rings is 1. The molecule has 1 atom stereocenters. The molecule has 142 valence electrons. The van der Waals surface area contributed by atoms with Gasteiger partial charge in [0.05, 0.1) is 0 Å². The number of nitrogens with one attached hydrogen (secondary N) is 1. The predicted octanol–water partition coefficient (Wildman–Crippen LogP) is 3.19. The zero-order chi connectivity index (χ0) is 19.0. The first-order valence-corrected chi connectivity index (χ1v) is 9.92. The second-order valence-corrected chi connectivity index (χ2v) is 8.13. The molecule has 1 N–H and O–H groups in total. The van der Waals surface area contributed by atoms with Gasteiger partial charge in [-0.3, -0.25) is 14.5 Å². The minimum atomic E-state index is -0.669. The van der Waals surface area contributed by atoms with Crippen LogP contribution in [0.15, 0.2) is 30.3 Å². The monoisotopic (exact) mass is 388 g/mol.